The number of nitrogens with zero attached hydrogens (tertiary/aromatic N) is 2. The average molecular weight is 363 g/mol. The minimum Gasteiger partial charge on any atom is -0.485 e. The Labute approximate surface area is 157 Å². The molecular formula is C21H21N3O3. The lowest BCUT2D eigenvalue weighted by Gasteiger charge is -2.20. The summed E-state index contributed by atoms with van der Waals surface area (Å²) < 4.78 is 10.7. The molecule has 1 aliphatic rings. The summed E-state index contributed by atoms with van der Waals surface area (Å²) in [5.74, 6) is 1.23. The Kier molecular flexibility index (Phi) is 4.87. The van der Waals surface area contributed by atoms with Gasteiger partial charge in [0.15, 0.2) is 6.61 Å². The van der Waals surface area contributed by atoms with Gasteiger partial charge in [0.25, 0.3) is 5.91 Å². The number of carbonyl (C=O) groups excluding carboxylic acids is 1. The van der Waals surface area contributed by atoms with Crippen LogP contribution >= 0.6 is 0 Å². The highest BCUT2D eigenvalue weighted by Crippen LogP contribution is 2.29. The lowest BCUT2D eigenvalue weighted by atomic mass is 9.90. The average Bonchev–Trinajstić information content (AvgIpc) is 3.12. The standard InChI is InChI=1S/C21H21N3O3/c1-14-22-20(24-27-14)13-26-19-12-5-4-10-17(19)21(25)23-18-11-6-8-15-7-2-3-9-16(15)18/h4-6,8,10-12H,2-3,7,9,13H2,1H3,(H,23,25). The molecule has 0 saturated carbocycles. The van der Waals surface area contributed by atoms with E-state index in [1.54, 1.807) is 19.1 Å². The number of rotatable bonds is 5. The minimum absolute atomic E-state index is 0.141. The van der Waals surface area contributed by atoms with Crippen LogP contribution < -0.4 is 10.1 Å². The number of anilines is 1. The fourth-order valence-electron chi connectivity index (χ4n) is 3.41. The van der Waals surface area contributed by atoms with Crippen LogP contribution in [0.1, 0.15) is 46.0 Å². The number of aromatic nitrogens is 2. The molecule has 3 aromatic rings. The number of benzene rings is 2. The summed E-state index contributed by atoms with van der Waals surface area (Å²) in [6, 6.07) is 13.3. The summed E-state index contributed by atoms with van der Waals surface area (Å²) in [7, 11) is 0. The van der Waals surface area contributed by atoms with Gasteiger partial charge in [0, 0.05) is 12.6 Å². The van der Waals surface area contributed by atoms with Crippen LogP contribution in [0.3, 0.4) is 0 Å². The first-order valence-electron chi connectivity index (χ1n) is 9.14. The Hall–Kier alpha value is -3.15. The van der Waals surface area contributed by atoms with E-state index in [0.717, 1.165) is 24.9 Å². The van der Waals surface area contributed by atoms with E-state index in [1.807, 2.05) is 24.3 Å². The van der Waals surface area contributed by atoms with Crippen LogP contribution in [0.2, 0.25) is 0 Å². The Morgan fingerprint density at radius 1 is 1.15 bits per heavy atom. The molecule has 0 spiro atoms. The molecule has 0 fully saturated rings. The predicted molar refractivity (Wildman–Crippen MR) is 101 cm³/mol. The molecule has 1 aliphatic carbocycles. The number of fused-ring (bicyclic) bond motifs is 1. The molecule has 1 N–H and O–H groups in total. The third kappa shape index (κ3) is 3.84. The van der Waals surface area contributed by atoms with Crippen molar-refractivity contribution in [1.82, 2.24) is 10.1 Å². The van der Waals surface area contributed by atoms with Crippen LogP contribution in [-0.2, 0) is 19.4 Å². The van der Waals surface area contributed by atoms with E-state index in [1.165, 1.54) is 17.5 Å². The molecule has 6 nitrogen and oxygen atoms in total. The van der Waals surface area contributed by atoms with Gasteiger partial charge in [-0.05, 0) is 55.0 Å². The number of hydrogen-bond acceptors (Lipinski definition) is 5. The highest BCUT2D eigenvalue weighted by molar-refractivity contribution is 6.06. The normalized spacial score (nSPS) is 13.1. The second-order valence-electron chi connectivity index (χ2n) is 6.62. The molecule has 0 radical (unpaired) electrons. The molecule has 1 aromatic heterocycles. The first kappa shape index (κ1) is 17.3. The summed E-state index contributed by atoms with van der Waals surface area (Å²) in [6.07, 6.45) is 4.43. The molecule has 0 unspecified atom stereocenters. The molecule has 0 atom stereocenters. The van der Waals surface area contributed by atoms with E-state index in [-0.39, 0.29) is 12.5 Å². The second kappa shape index (κ2) is 7.61. The van der Waals surface area contributed by atoms with Gasteiger partial charge in [-0.3, -0.25) is 4.79 Å². The van der Waals surface area contributed by atoms with Gasteiger partial charge in [0.2, 0.25) is 11.7 Å². The van der Waals surface area contributed by atoms with E-state index < -0.39 is 0 Å². The van der Waals surface area contributed by atoms with Crippen LogP contribution in [0.4, 0.5) is 5.69 Å². The first-order chi connectivity index (χ1) is 13.2. The zero-order chi connectivity index (χ0) is 18.6. The lowest BCUT2D eigenvalue weighted by Crippen LogP contribution is -2.16. The molecule has 2 aromatic carbocycles. The molecular weight excluding hydrogens is 342 g/mol. The van der Waals surface area contributed by atoms with E-state index in [4.69, 9.17) is 9.26 Å². The molecule has 1 heterocycles. The molecule has 0 aliphatic heterocycles. The molecule has 138 valence electrons. The molecule has 27 heavy (non-hydrogen) atoms. The van der Waals surface area contributed by atoms with E-state index >= 15 is 0 Å². The number of para-hydroxylation sites is 1. The summed E-state index contributed by atoms with van der Waals surface area (Å²) >= 11 is 0. The number of aryl methyl sites for hydroxylation is 2. The maximum absolute atomic E-state index is 12.9. The largest absolute Gasteiger partial charge is 0.485 e. The summed E-state index contributed by atoms with van der Waals surface area (Å²) in [6.45, 7) is 1.86. The van der Waals surface area contributed by atoms with Gasteiger partial charge in [0.05, 0.1) is 5.56 Å². The van der Waals surface area contributed by atoms with E-state index in [9.17, 15) is 4.79 Å². The Morgan fingerprint density at radius 2 is 2.00 bits per heavy atom. The van der Waals surface area contributed by atoms with Crippen molar-refractivity contribution < 1.29 is 14.1 Å². The van der Waals surface area contributed by atoms with Crippen molar-refractivity contribution in [1.29, 1.82) is 0 Å². The maximum Gasteiger partial charge on any atom is 0.259 e. The Morgan fingerprint density at radius 3 is 2.85 bits per heavy atom. The van der Waals surface area contributed by atoms with Gasteiger partial charge >= 0.3 is 0 Å². The second-order valence-corrected chi connectivity index (χ2v) is 6.62. The van der Waals surface area contributed by atoms with Crippen LogP contribution in [0, 0.1) is 6.92 Å². The van der Waals surface area contributed by atoms with Gasteiger partial charge in [-0.2, -0.15) is 4.98 Å². The molecule has 0 saturated heterocycles. The first-order valence-corrected chi connectivity index (χ1v) is 9.14. The Balaban J connectivity index is 1.52. The zero-order valence-corrected chi connectivity index (χ0v) is 15.2. The summed E-state index contributed by atoms with van der Waals surface area (Å²) in [5, 5.41) is 6.87. The smallest absolute Gasteiger partial charge is 0.259 e. The van der Waals surface area contributed by atoms with Crippen molar-refractivity contribution in [2.45, 2.75) is 39.2 Å². The highest BCUT2D eigenvalue weighted by atomic mass is 16.5. The zero-order valence-electron chi connectivity index (χ0n) is 15.2. The predicted octanol–water partition coefficient (Wildman–Crippen LogP) is 4.09. The van der Waals surface area contributed by atoms with E-state index in [2.05, 4.69) is 21.5 Å². The fraction of sp³-hybridized carbons (Fsp3) is 0.286. The number of nitrogens with one attached hydrogen (secondary N) is 1. The van der Waals surface area contributed by atoms with Crippen LogP contribution in [0.25, 0.3) is 0 Å². The SMILES string of the molecule is Cc1nc(COc2ccccc2C(=O)Nc2cccc3c2CCCC3)no1. The van der Waals surface area contributed by atoms with Crippen LogP contribution in [-0.4, -0.2) is 16.0 Å². The number of hydrogen-bond donors (Lipinski definition) is 1. The van der Waals surface area contributed by atoms with Crippen molar-refractivity contribution >= 4 is 11.6 Å². The Bertz CT molecular complexity index is 965. The van der Waals surface area contributed by atoms with Crippen molar-refractivity contribution in [2.24, 2.45) is 0 Å². The van der Waals surface area contributed by atoms with Gasteiger partial charge < -0.3 is 14.6 Å². The maximum atomic E-state index is 12.9. The molecule has 0 bridgehead atoms. The van der Waals surface area contributed by atoms with Crippen molar-refractivity contribution in [3.8, 4) is 5.75 Å². The third-order valence-electron chi connectivity index (χ3n) is 4.70. The summed E-state index contributed by atoms with van der Waals surface area (Å²) in [5.41, 5.74) is 3.95. The molecule has 4 rings (SSSR count). The quantitative estimate of drug-likeness (QED) is 0.739. The lowest BCUT2D eigenvalue weighted by molar-refractivity contribution is 0.102. The van der Waals surface area contributed by atoms with Crippen LogP contribution in [0.5, 0.6) is 5.75 Å². The topological polar surface area (TPSA) is 77.2 Å². The third-order valence-corrected chi connectivity index (χ3v) is 4.70. The van der Waals surface area contributed by atoms with Gasteiger partial charge in [-0.1, -0.05) is 29.4 Å². The molecule has 1 amide bonds. The van der Waals surface area contributed by atoms with Crippen molar-refractivity contribution in [2.75, 3.05) is 5.32 Å². The number of amides is 1. The van der Waals surface area contributed by atoms with Crippen LogP contribution in [0.15, 0.2) is 47.0 Å². The van der Waals surface area contributed by atoms with Gasteiger partial charge in [0.1, 0.15) is 5.75 Å². The van der Waals surface area contributed by atoms with E-state index in [0.29, 0.717) is 23.0 Å². The van der Waals surface area contributed by atoms with Gasteiger partial charge in [-0.15, -0.1) is 0 Å². The van der Waals surface area contributed by atoms with Crippen molar-refractivity contribution in [3.05, 3.63) is 70.9 Å². The summed E-state index contributed by atoms with van der Waals surface area (Å²) in [4.78, 5) is 17.0. The monoisotopic (exact) mass is 363 g/mol. The number of carbonyl (C=O) groups is 1. The minimum atomic E-state index is -0.186. The fourth-order valence-corrected chi connectivity index (χ4v) is 3.41. The van der Waals surface area contributed by atoms with Crippen molar-refractivity contribution in [3.63, 3.8) is 0 Å². The van der Waals surface area contributed by atoms with Gasteiger partial charge in [-0.25, -0.2) is 0 Å². The highest BCUT2D eigenvalue weighted by Gasteiger charge is 2.17. The number of ether oxygens (including phenoxy) is 1. The molecule has 6 heteroatoms.